The van der Waals surface area contributed by atoms with Crippen molar-refractivity contribution in [3.63, 3.8) is 0 Å². The molecule has 0 aromatic rings. The summed E-state index contributed by atoms with van der Waals surface area (Å²) in [6, 6.07) is 0. The molecule has 1 heterocycles. The van der Waals surface area contributed by atoms with Crippen LogP contribution in [0.4, 0.5) is 0 Å². The molecule has 1 amide bonds. The second kappa shape index (κ2) is 9.45. The summed E-state index contributed by atoms with van der Waals surface area (Å²) in [6.07, 6.45) is 8.11. The minimum atomic E-state index is -0.603. The predicted molar refractivity (Wildman–Crippen MR) is 91.4 cm³/mol. The molecule has 1 rings (SSSR count). The van der Waals surface area contributed by atoms with Crippen molar-refractivity contribution in [1.29, 1.82) is 0 Å². The number of primary amides is 1. The molecule has 0 saturated carbocycles. The standard InChI is InChI=1S/C14H27N3OS2/c1-3-5-7-9-11-12(13(19)14(15)18)16-17-20(11)10-8-6-4-2/h13,19-20H,3-10H2,1-2H3,(H2,15,18). The minimum Gasteiger partial charge on any atom is -0.368 e. The first-order valence-electron chi connectivity index (χ1n) is 7.51. The highest BCUT2D eigenvalue weighted by molar-refractivity contribution is 8.19. The van der Waals surface area contributed by atoms with Crippen LogP contribution < -0.4 is 5.73 Å². The molecule has 0 radical (unpaired) electrons. The quantitative estimate of drug-likeness (QED) is 0.411. The smallest absolute Gasteiger partial charge is 0.236 e. The molecule has 0 bridgehead atoms. The highest BCUT2D eigenvalue weighted by Crippen LogP contribution is 2.49. The van der Waals surface area contributed by atoms with Gasteiger partial charge >= 0.3 is 0 Å². The summed E-state index contributed by atoms with van der Waals surface area (Å²) in [6.45, 7) is 4.39. The fourth-order valence-electron chi connectivity index (χ4n) is 2.18. The Hall–Kier alpha value is -0.490. The first-order chi connectivity index (χ1) is 9.61. The van der Waals surface area contributed by atoms with Crippen LogP contribution in [0.1, 0.15) is 58.8 Å². The molecule has 20 heavy (non-hydrogen) atoms. The molecule has 0 aromatic carbocycles. The molecule has 0 spiro atoms. The molecule has 1 aliphatic rings. The molecule has 1 aliphatic heterocycles. The highest BCUT2D eigenvalue weighted by atomic mass is 32.2. The van der Waals surface area contributed by atoms with Crippen LogP contribution in [-0.2, 0) is 4.79 Å². The zero-order valence-electron chi connectivity index (χ0n) is 12.5. The normalized spacial score (nSPS) is 21.4. The number of carbonyl (C=O) groups is 1. The average Bonchev–Trinajstić information content (AvgIpc) is 2.82. The number of nitrogens with zero attached hydrogens (tertiary/aromatic N) is 2. The van der Waals surface area contributed by atoms with E-state index in [0.717, 1.165) is 24.3 Å². The summed E-state index contributed by atoms with van der Waals surface area (Å²) in [5.74, 6) is 0.650. The van der Waals surface area contributed by atoms with Crippen molar-refractivity contribution in [1.82, 2.24) is 0 Å². The zero-order valence-corrected chi connectivity index (χ0v) is 14.3. The van der Waals surface area contributed by atoms with Crippen molar-refractivity contribution >= 4 is 29.6 Å². The van der Waals surface area contributed by atoms with E-state index in [4.69, 9.17) is 5.73 Å². The minimum absolute atomic E-state index is 0.430. The van der Waals surface area contributed by atoms with Crippen LogP contribution in [0.15, 0.2) is 20.2 Å². The van der Waals surface area contributed by atoms with E-state index in [1.165, 1.54) is 37.0 Å². The second-order valence-corrected chi connectivity index (χ2v) is 7.60. The van der Waals surface area contributed by atoms with Gasteiger partial charge < -0.3 is 5.73 Å². The van der Waals surface area contributed by atoms with Gasteiger partial charge in [-0.3, -0.25) is 4.79 Å². The van der Waals surface area contributed by atoms with Gasteiger partial charge in [0.15, 0.2) is 0 Å². The summed E-state index contributed by atoms with van der Waals surface area (Å²) in [5, 5.41) is 3.63. The molecule has 4 nitrogen and oxygen atoms in total. The van der Waals surface area contributed by atoms with Crippen molar-refractivity contribution in [3.8, 4) is 0 Å². The number of unbranched alkanes of at least 4 members (excludes halogenated alkanes) is 4. The molecule has 2 N–H and O–H groups in total. The molecule has 6 heteroatoms. The third kappa shape index (κ3) is 5.13. The van der Waals surface area contributed by atoms with Gasteiger partial charge in [-0.15, -0.1) is 20.7 Å². The van der Waals surface area contributed by atoms with E-state index in [1.54, 1.807) is 0 Å². The molecule has 0 aliphatic carbocycles. The van der Waals surface area contributed by atoms with Gasteiger partial charge in [-0.2, -0.15) is 12.6 Å². The Morgan fingerprint density at radius 1 is 1.25 bits per heavy atom. The maximum Gasteiger partial charge on any atom is 0.236 e. The van der Waals surface area contributed by atoms with E-state index < -0.39 is 22.2 Å². The number of amides is 1. The Balaban J connectivity index is 2.74. The van der Waals surface area contributed by atoms with Gasteiger partial charge in [0.25, 0.3) is 0 Å². The molecule has 0 aromatic heterocycles. The molecule has 116 valence electrons. The molecule has 2 unspecified atom stereocenters. The first kappa shape index (κ1) is 17.6. The lowest BCUT2D eigenvalue weighted by molar-refractivity contribution is -0.116. The van der Waals surface area contributed by atoms with Crippen molar-refractivity contribution in [2.24, 2.45) is 15.4 Å². The van der Waals surface area contributed by atoms with Crippen LogP contribution in [0, 0.1) is 0 Å². The zero-order chi connectivity index (χ0) is 15.0. The van der Waals surface area contributed by atoms with Gasteiger partial charge in [0, 0.05) is 4.91 Å². The van der Waals surface area contributed by atoms with E-state index in [-0.39, 0.29) is 0 Å². The van der Waals surface area contributed by atoms with E-state index in [0.29, 0.717) is 0 Å². The van der Waals surface area contributed by atoms with Crippen LogP contribution in [0.2, 0.25) is 0 Å². The average molecular weight is 318 g/mol. The van der Waals surface area contributed by atoms with Crippen molar-refractivity contribution in [3.05, 3.63) is 10.6 Å². The number of carbonyl (C=O) groups excluding carboxylic acids is 1. The largest absolute Gasteiger partial charge is 0.368 e. The number of allylic oxidation sites excluding steroid dienone is 1. The summed E-state index contributed by atoms with van der Waals surface area (Å²) in [7, 11) is 0. The lowest BCUT2D eigenvalue weighted by atomic mass is 10.1. The van der Waals surface area contributed by atoms with Crippen molar-refractivity contribution in [2.45, 2.75) is 64.0 Å². The Labute approximate surface area is 130 Å². The number of nitrogens with two attached hydrogens (primary N) is 1. The third-order valence-electron chi connectivity index (χ3n) is 3.39. The highest BCUT2D eigenvalue weighted by Gasteiger charge is 2.27. The Bertz CT molecular complexity index is 383. The van der Waals surface area contributed by atoms with Gasteiger partial charge in [0.05, 0.1) is 5.70 Å². The lowest BCUT2D eigenvalue weighted by Crippen LogP contribution is -2.25. The van der Waals surface area contributed by atoms with Crippen LogP contribution in [0.5, 0.6) is 0 Å². The van der Waals surface area contributed by atoms with Crippen LogP contribution >= 0.6 is 23.7 Å². The summed E-state index contributed by atoms with van der Waals surface area (Å²) in [5.41, 5.74) is 6.09. The third-order valence-corrected chi connectivity index (χ3v) is 6.01. The van der Waals surface area contributed by atoms with Gasteiger partial charge in [0.1, 0.15) is 5.25 Å². The topological polar surface area (TPSA) is 67.8 Å². The van der Waals surface area contributed by atoms with Crippen LogP contribution in [-0.4, -0.2) is 16.9 Å². The van der Waals surface area contributed by atoms with E-state index in [9.17, 15) is 4.79 Å². The number of rotatable bonds is 10. The van der Waals surface area contributed by atoms with E-state index in [1.807, 2.05) is 0 Å². The molecular formula is C14H27N3OS2. The maximum absolute atomic E-state index is 11.3. The fraction of sp³-hybridized carbons (Fsp3) is 0.786. The molecular weight excluding hydrogens is 290 g/mol. The second-order valence-electron chi connectivity index (χ2n) is 5.11. The van der Waals surface area contributed by atoms with Gasteiger partial charge in [-0.1, -0.05) is 39.5 Å². The summed E-state index contributed by atoms with van der Waals surface area (Å²) < 4.78 is 4.41. The fourth-order valence-corrected chi connectivity index (χ4v) is 4.54. The first-order valence-corrected chi connectivity index (χ1v) is 9.51. The van der Waals surface area contributed by atoms with E-state index in [2.05, 4.69) is 36.1 Å². The predicted octanol–water partition coefficient (Wildman–Crippen LogP) is 4.13. The molecule has 0 fully saturated rings. The number of hydrogen-bond acceptors (Lipinski definition) is 4. The van der Waals surface area contributed by atoms with Crippen LogP contribution in [0.25, 0.3) is 0 Å². The molecule has 0 saturated heterocycles. The van der Waals surface area contributed by atoms with Gasteiger partial charge in [-0.05, 0) is 25.0 Å². The monoisotopic (exact) mass is 317 g/mol. The van der Waals surface area contributed by atoms with Gasteiger partial charge in [0.2, 0.25) is 5.91 Å². The van der Waals surface area contributed by atoms with Crippen LogP contribution in [0.3, 0.4) is 0 Å². The Morgan fingerprint density at radius 2 is 1.90 bits per heavy atom. The lowest BCUT2D eigenvalue weighted by Gasteiger charge is -2.17. The van der Waals surface area contributed by atoms with E-state index >= 15 is 0 Å². The Kier molecular flexibility index (Phi) is 8.30. The summed E-state index contributed by atoms with van der Waals surface area (Å²) >= 11 is 3.75. The maximum atomic E-state index is 11.3. The summed E-state index contributed by atoms with van der Waals surface area (Å²) in [4.78, 5) is 12.6. The van der Waals surface area contributed by atoms with Gasteiger partial charge in [-0.25, -0.2) is 0 Å². The Morgan fingerprint density at radius 3 is 2.50 bits per heavy atom. The SMILES string of the molecule is CCCCCC1=C(C(S)C(N)=O)N=N[SH]1CCCCC. The van der Waals surface area contributed by atoms with Crippen molar-refractivity contribution < 1.29 is 4.79 Å². The number of thiol groups is 2. The van der Waals surface area contributed by atoms with Crippen molar-refractivity contribution in [2.75, 3.05) is 5.75 Å². The molecule has 2 atom stereocenters. The number of hydrogen-bond donors (Lipinski definition) is 3.